The highest BCUT2D eigenvalue weighted by Crippen LogP contribution is 2.14. The van der Waals surface area contributed by atoms with E-state index in [9.17, 15) is 13.6 Å². The standard InChI is InChI=1S/C13H18F2N2O2/c14-13(15)11(18)8-17-12(19)7-6-10(16)9-4-2-1-3-5-9/h1-5,10-11,13,18H,6-8,16H2,(H,17,19). The number of aliphatic hydroxyl groups excluding tert-OH is 1. The van der Waals surface area contributed by atoms with E-state index < -0.39 is 25.0 Å². The molecule has 0 bridgehead atoms. The van der Waals surface area contributed by atoms with Gasteiger partial charge in [-0.05, 0) is 12.0 Å². The average Bonchev–Trinajstić information content (AvgIpc) is 2.42. The number of rotatable bonds is 7. The van der Waals surface area contributed by atoms with E-state index in [2.05, 4.69) is 5.32 Å². The van der Waals surface area contributed by atoms with E-state index in [1.54, 1.807) is 0 Å². The van der Waals surface area contributed by atoms with Gasteiger partial charge in [0.15, 0.2) is 0 Å². The molecule has 1 aromatic carbocycles. The summed E-state index contributed by atoms with van der Waals surface area (Å²) in [4.78, 5) is 11.4. The minimum Gasteiger partial charge on any atom is -0.385 e. The fourth-order valence-corrected chi connectivity index (χ4v) is 1.55. The monoisotopic (exact) mass is 272 g/mol. The van der Waals surface area contributed by atoms with E-state index in [0.717, 1.165) is 5.56 Å². The highest BCUT2D eigenvalue weighted by atomic mass is 19.3. The van der Waals surface area contributed by atoms with Crippen LogP contribution in [-0.4, -0.2) is 30.1 Å². The number of aliphatic hydroxyl groups is 1. The Morgan fingerprint density at radius 1 is 1.32 bits per heavy atom. The smallest absolute Gasteiger partial charge is 0.265 e. The lowest BCUT2D eigenvalue weighted by Gasteiger charge is -2.13. The van der Waals surface area contributed by atoms with Crippen molar-refractivity contribution in [2.24, 2.45) is 5.73 Å². The number of halogens is 2. The van der Waals surface area contributed by atoms with Crippen LogP contribution in [0.15, 0.2) is 30.3 Å². The van der Waals surface area contributed by atoms with Gasteiger partial charge in [0, 0.05) is 19.0 Å². The molecule has 1 rings (SSSR count). The summed E-state index contributed by atoms with van der Waals surface area (Å²) in [6.07, 6.45) is -4.13. The summed E-state index contributed by atoms with van der Waals surface area (Å²) in [5.74, 6) is -0.397. The van der Waals surface area contributed by atoms with Crippen LogP contribution >= 0.6 is 0 Å². The Morgan fingerprint density at radius 2 is 1.95 bits per heavy atom. The highest BCUT2D eigenvalue weighted by Gasteiger charge is 2.17. The molecular formula is C13H18F2N2O2. The number of carbonyl (C=O) groups is 1. The Kier molecular flexibility index (Phi) is 6.38. The number of nitrogens with two attached hydrogens (primary N) is 1. The molecule has 2 unspecified atom stereocenters. The van der Waals surface area contributed by atoms with Crippen molar-refractivity contribution in [3.63, 3.8) is 0 Å². The molecule has 106 valence electrons. The summed E-state index contributed by atoms with van der Waals surface area (Å²) in [5, 5.41) is 11.1. The summed E-state index contributed by atoms with van der Waals surface area (Å²) in [7, 11) is 0. The molecule has 0 aliphatic heterocycles. The molecular weight excluding hydrogens is 254 g/mol. The second-order valence-corrected chi connectivity index (χ2v) is 4.26. The van der Waals surface area contributed by atoms with Crippen LogP contribution in [0.25, 0.3) is 0 Å². The predicted molar refractivity (Wildman–Crippen MR) is 67.6 cm³/mol. The van der Waals surface area contributed by atoms with Crippen LogP contribution in [0.5, 0.6) is 0 Å². The van der Waals surface area contributed by atoms with Crippen molar-refractivity contribution >= 4 is 5.91 Å². The lowest BCUT2D eigenvalue weighted by molar-refractivity contribution is -0.122. The Bertz CT molecular complexity index is 387. The third-order valence-corrected chi connectivity index (χ3v) is 2.71. The third kappa shape index (κ3) is 5.76. The first-order valence-electron chi connectivity index (χ1n) is 6.04. The fraction of sp³-hybridized carbons (Fsp3) is 0.462. The van der Waals surface area contributed by atoms with Crippen molar-refractivity contribution in [1.82, 2.24) is 5.32 Å². The van der Waals surface area contributed by atoms with Crippen molar-refractivity contribution in [2.75, 3.05) is 6.54 Å². The maximum absolute atomic E-state index is 12.0. The molecule has 4 nitrogen and oxygen atoms in total. The van der Waals surface area contributed by atoms with Gasteiger partial charge in [0.2, 0.25) is 5.91 Å². The molecule has 0 spiro atoms. The predicted octanol–water partition coefficient (Wildman–Crippen LogP) is 1.21. The van der Waals surface area contributed by atoms with Crippen molar-refractivity contribution in [1.29, 1.82) is 0 Å². The Balaban J connectivity index is 2.27. The zero-order valence-corrected chi connectivity index (χ0v) is 10.4. The topological polar surface area (TPSA) is 75.4 Å². The zero-order valence-electron chi connectivity index (χ0n) is 10.4. The van der Waals surface area contributed by atoms with Crippen molar-refractivity contribution in [3.8, 4) is 0 Å². The molecule has 4 N–H and O–H groups in total. The molecule has 0 saturated heterocycles. The minimum atomic E-state index is -2.85. The van der Waals surface area contributed by atoms with E-state index in [1.165, 1.54) is 0 Å². The highest BCUT2D eigenvalue weighted by molar-refractivity contribution is 5.75. The molecule has 0 aliphatic carbocycles. The fourth-order valence-electron chi connectivity index (χ4n) is 1.55. The number of benzene rings is 1. The van der Waals surface area contributed by atoms with Crippen LogP contribution in [0, 0.1) is 0 Å². The molecule has 1 aromatic rings. The normalized spacial score (nSPS) is 14.2. The largest absolute Gasteiger partial charge is 0.385 e. The van der Waals surface area contributed by atoms with Gasteiger partial charge >= 0.3 is 0 Å². The lowest BCUT2D eigenvalue weighted by atomic mass is 10.0. The first-order valence-corrected chi connectivity index (χ1v) is 6.04. The maximum Gasteiger partial charge on any atom is 0.265 e. The molecule has 0 heterocycles. The molecule has 6 heteroatoms. The zero-order chi connectivity index (χ0) is 14.3. The number of nitrogens with one attached hydrogen (secondary N) is 1. The van der Waals surface area contributed by atoms with Gasteiger partial charge in [-0.15, -0.1) is 0 Å². The van der Waals surface area contributed by atoms with Gasteiger partial charge in [-0.1, -0.05) is 30.3 Å². The molecule has 1 amide bonds. The van der Waals surface area contributed by atoms with Crippen LogP contribution in [-0.2, 0) is 4.79 Å². The SMILES string of the molecule is NC(CCC(=O)NCC(O)C(F)F)c1ccccc1. The van der Waals surface area contributed by atoms with Crippen LogP contribution < -0.4 is 11.1 Å². The number of amides is 1. The van der Waals surface area contributed by atoms with Gasteiger partial charge in [0.1, 0.15) is 6.10 Å². The Labute approximate surface area is 110 Å². The number of alkyl halides is 2. The molecule has 0 radical (unpaired) electrons. The minimum absolute atomic E-state index is 0.131. The van der Waals surface area contributed by atoms with Gasteiger partial charge in [0.25, 0.3) is 6.43 Å². The summed E-state index contributed by atoms with van der Waals surface area (Å²) in [6.45, 7) is -0.447. The number of hydrogen-bond donors (Lipinski definition) is 3. The molecule has 0 fully saturated rings. The third-order valence-electron chi connectivity index (χ3n) is 2.71. The van der Waals surface area contributed by atoms with Gasteiger partial charge in [-0.2, -0.15) is 0 Å². The Morgan fingerprint density at radius 3 is 2.53 bits per heavy atom. The van der Waals surface area contributed by atoms with E-state index in [0.29, 0.717) is 6.42 Å². The molecule has 2 atom stereocenters. The first-order chi connectivity index (χ1) is 9.00. The summed E-state index contributed by atoms with van der Waals surface area (Å²) in [6, 6.07) is 9.04. The van der Waals surface area contributed by atoms with Gasteiger partial charge in [-0.3, -0.25) is 4.79 Å². The molecule has 19 heavy (non-hydrogen) atoms. The van der Waals surface area contributed by atoms with Gasteiger partial charge < -0.3 is 16.2 Å². The quantitative estimate of drug-likeness (QED) is 0.698. The van der Waals surface area contributed by atoms with Crippen LogP contribution in [0.3, 0.4) is 0 Å². The second kappa shape index (κ2) is 7.81. The molecule has 0 aliphatic rings. The van der Waals surface area contributed by atoms with E-state index in [1.807, 2.05) is 30.3 Å². The van der Waals surface area contributed by atoms with Crippen molar-refractivity contribution in [3.05, 3.63) is 35.9 Å². The van der Waals surface area contributed by atoms with Crippen LogP contribution in [0.2, 0.25) is 0 Å². The van der Waals surface area contributed by atoms with E-state index in [-0.39, 0.29) is 12.5 Å². The average molecular weight is 272 g/mol. The Hall–Kier alpha value is -1.53. The molecule has 0 aromatic heterocycles. The summed E-state index contributed by atoms with van der Waals surface area (Å²) < 4.78 is 24.0. The van der Waals surface area contributed by atoms with Gasteiger partial charge in [-0.25, -0.2) is 8.78 Å². The van der Waals surface area contributed by atoms with Crippen molar-refractivity contribution < 1.29 is 18.7 Å². The van der Waals surface area contributed by atoms with Crippen LogP contribution in [0.4, 0.5) is 8.78 Å². The lowest BCUT2D eigenvalue weighted by Crippen LogP contribution is -2.36. The summed E-state index contributed by atoms with van der Waals surface area (Å²) in [5.41, 5.74) is 6.82. The maximum atomic E-state index is 12.0. The number of carbonyl (C=O) groups excluding carboxylic acids is 1. The summed E-state index contributed by atoms with van der Waals surface area (Å²) >= 11 is 0. The van der Waals surface area contributed by atoms with Crippen LogP contribution in [0.1, 0.15) is 24.4 Å². The van der Waals surface area contributed by atoms with E-state index in [4.69, 9.17) is 10.8 Å². The molecule has 0 saturated carbocycles. The van der Waals surface area contributed by atoms with E-state index >= 15 is 0 Å². The van der Waals surface area contributed by atoms with Gasteiger partial charge in [0.05, 0.1) is 0 Å². The van der Waals surface area contributed by atoms with Crippen molar-refractivity contribution in [2.45, 2.75) is 31.4 Å². The second-order valence-electron chi connectivity index (χ2n) is 4.26. The first kappa shape index (κ1) is 15.5. The number of hydrogen-bond acceptors (Lipinski definition) is 3.